The monoisotopic (exact) mass is 656 g/mol. The Hall–Kier alpha value is -4.61. The van der Waals surface area contributed by atoms with Gasteiger partial charge < -0.3 is 39.5 Å². The molecule has 11 nitrogen and oxygen atoms in total. The first-order valence-electron chi connectivity index (χ1n) is 16.6. The number of carbonyl (C=O) groups excluding carboxylic acids is 2. The van der Waals surface area contributed by atoms with Crippen molar-refractivity contribution >= 4 is 28.8 Å². The van der Waals surface area contributed by atoms with Gasteiger partial charge in [-0.25, -0.2) is 4.98 Å². The first-order valence-corrected chi connectivity index (χ1v) is 16.6. The third-order valence-corrected chi connectivity index (χ3v) is 9.93. The summed E-state index contributed by atoms with van der Waals surface area (Å²) in [5, 5.41) is 2.76. The minimum Gasteiger partial charge on any atom is -0.493 e. The third-order valence-electron chi connectivity index (χ3n) is 9.93. The molecule has 0 bridgehead atoms. The molecule has 2 amide bonds. The van der Waals surface area contributed by atoms with Crippen LogP contribution in [0.25, 0.3) is 11.0 Å². The molecule has 3 aromatic carbocycles. The number of rotatable bonds is 10. The lowest BCUT2D eigenvalue weighted by molar-refractivity contribution is -0.121. The molecule has 3 N–H and O–H groups in total. The number of amides is 2. The lowest BCUT2D eigenvalue weighted by atomic mass is 9.76. The van der Waals surface area contributed by atoms with Crippen molar-refractivity contribution in [1.82, 2.24) is 24.7 Å². The Balaban J connectivity index is 0.00000451. The zero-order valence-corrected chi connectivity index (χ0v) is 28.5. The SMILES string of the molecule is CNC(=O)Cn1c(N2CCCN(CCC3(c4ccccc4)CCN(C(=O)c4cc(C)c(OC)c(OC)c4)C3)CC2)nc2ccccc21.O. The van der Waals surface area contributed by atoms with E-state index in [1.807, 2.05) is 46.7 Å². The summed E-state index contributed by atoms with van der Waals surface area (Å²) in [5.41, 5.74) is 4.54. The molecule has 6 rings (SSSR count). The van der Waals surface area contributed by atoms with Crippen molar-refractivity contribution in [3.05, 3.63) is 83.4 Å². The lowest BCUT2D eigenvalue weighted by Gasteiger charge is -2.33. The van der Waals surface area contributed by atoms with E-state index in [-0.39, 0.29) is 29.3 Å². The minimum absolute atomic E-state index is 0. The minimum atomic E-state index is -0.129. The summed E-state index contributed by atoms with van der Waals surface area (Å²) in [6.07, 6.45) is 2.88. The number of para-hydroxylation sites is 2. The van der Waals surface area contributed by atoms with Crippen LogP contribution < -0.4 is 19.7 Å². The van der Waals surface area contributed by atoms with Gasteiger partial charge in [0.2, 0.25) is 11.9 Å². The van der Waals surface area contributed by atoms with E-state index in [1.54, 1.807) is 27.3 Å². The van der Waals surface area contributed by atoms with Crippen LogP contribution in [-0.2, 0) is 16.8 Å². The molecule has 0 saturated carbocycles. The van der Waals surface area contributed by atoms with Crippen molar-refractivity contribution in [2.75, 3.05) is 72.0 Å². The second-order valence-electron chi connectivity index (χ2n) is 12.7. The van der Waals surface area contributed by atoms with Crippen LogP contribution >= 0.6 is 0 Å². The number of likely N-dealkylation sites (N-methyl/N-ethyl adjacent to an activating group) is 1. The van der Waals surface area contributed by atoms with Crippen molar-refractivity contribution in [2.45, 2.75) is 38.1 Å². The number of aromatic nitrogens is 2. The topological polar surface area (TPSA) is 124 Å². The number of ether oxygens (including phenoxy) is 2. The first-order chi connectivity index (χ1) is 22.9. The normalized spacial score (nSPS) is 18.3. The molecular weight excluding hydrogens is 608 g/mol. The number of likely N-dealkylation sites (tertiary alicyclic amines) is 1. The quantitative estimate of drug-likeness (QED) is 0.276. The van der Waals surface area contributed by atoms with Crippen LogP contribution in [0.1, 0.15) is 40.7 Å². The number of nitrogens with one attached hydrogen (secondary N) is 1. The van der Waals surface area contributed by atoms with Gasteiger partial charge >= 0.3 is 0 Å². The van der Waals surface area contributed by atoms with Crippen LogP contribution in [-0.4, -0.2) is 104 Å². The highest BCUT2D eigenvalue weighted by atomic mass is 16.5. The highest BCUT2D eigenvalue weighted by Crippen LogP contribution is 2.40. The fourth-order valence-electron chi connectivity index (χ4n) is 7.33. The summed E-state index contributed by atoms with van der Waals surface area (Å²) in [6.45, 7) is 8.11. The van der Waals surface area contributed by atoms with E-state index in [0.717, 1.165) is 74.5 Å². The van der Waals surface area contributed by atoms with E-state index < -0.39 is 0 Å². The van der Waals surface area contributed by atoms with Crippen molar-refractivity contribution in [3.63, 3.8) is 0 Å². The number of carbonyl (C=O) groups is 2. The summed E-state index contributed by atoms with van der Waals surface area (Å²) in [4.78, 5) is 38.2. The van der Waals surface area contributed by atoms with E-state index in [1.165, 1.54) is 5.56 Å². The van der Waals surface area contributed by atoms with Gasteiger partial charge in [0, 0.05) is 50.7 Å². The highest BCUT2D eigenvalue weighted by Gasteiger charge is 2.41. The molecule has 3 heterocycles. The first kappa shape index (κ1) is 34.7. The molecule has 256 valence electrons. The molecule has 2 aliphatic heterocycles. The average Bonchev–Trinajstić information content (AvgIpc) is 3.62. The predicted molar refractivity (Wildman–Crippen MR) is 188 cm³/mol. The van der Waals surface area contributed by atoms with Gasteiger partial charge in [0.05, 0.1) is 25.3 Å². The molecule has 4 aromatic rings. The number of anilines is 1. The van der Waals surface area contributed by atoms with Crippen LogP contribution in [0.3, 0.4) is 0 Å². The van der Waals surface area contributed by atoms with Gasteiger partial charge in [0.1, 0.15) is 6.54 Å². The maximum absolute atomic E-state index is 13.9. The Morgan fingerprint density at radius 1 is 0.938 bits per heavy atom. The maximum atomic E-state index is 13.9. The number of fused-ring (bicyclic) bond motifs is 1. The van der Waals surface area contributed by atoms with E-state index in [4.69, 9.17) is 14.5 Å². The number of aryl methyl sites for hydroxylation is 1. The van der Waals surface area contributed by atoms with Crippen LogP contribution in [0.5, 0.6) is 11.5 Å². The summed E-state index contributed by atoms with van der Waals surface area (Å²) in [5.74, 6) is 2.07. The number of nitrogens with zero attached hydrogens (tertiary/aromatic N) is 5. The van der Waals surface area contributed by atoms with Gasteiger partial charge in [-0.05, 0) is 74.7 Å². The van der Waals surface area contributed by atoms with Crippen molar-refractivity contribution in [3.8, 4) is 11.5 Å². The molecule has 0 aliphatic carbocycles. The van der Waals surface area contributed by atoms with Crippen LogP contribution in [0.15, 0.2) is 66.7 Å². The molecule has 2 aliphatic rings. The molecule has 11 heteroatoms. The van der Waals surface area contributed by atoms with Gasteiger partial charge in [-0.1, -0.05) is 42.5 Å². The van der Waals surface area contributed by atoms with E-state index in [0.29, 0.717) is 30.2 Å². The molecule has 1 unspecified atom stereocenters. The molecule has 48 heavy (non-hydrogen) atoms. The maximum Gasteiger partial charge on any atom is 0.254 e. The summed E-state index contributed by atoms with van der Waals surface area (Å²) in [6, 6.07) is 22.4. The highest BCUT2D eigenvalue weighted by molar-refractivity contribution is 5.95. The smallest absolute Gasteiger partial charge is 0.254 e. The van der Waals surface area contributed by atoms with E-state index >= 15 is 0 Å². The lowest BCUT2D eigenvalue weighted by Crippen LogP contribution is -2.39. The number of hydrogen-bond acceptors (Lipinski definition) is 7. The average molecular weight is 657 g/mol. The zero-order valence-electron chi connectivity index (χ0n) is 28.5. The van der Waals surface area contributed by atoms with E-state index in [9.17, 15) is 9.59 Å². The Kier molecular flexibility index (Phi) is 10.9. The third kappa shape index (κ3) is 6.97. The number of hydrogen-bond donors (Lipinski definition) is 1. The number of methoxy groups -OCH3 is 2. The standard InChI is InChI=1S/C37H46N6O4.H2O/c1-27-23-28(24-32(46-3)34(27)47-4)35(45)42-20-16-37(26-42,29-11-6-5-7-12-29)15-19-40-17-10-18-41(22-21-40)36-39-30-13-8-9-14-31(30)43(36)25-33(44)38-2;/h5-9,11-14,23-24H,10,15-22,25-26H2,1-4H3,(H,38,44);1H2. The second-order valence-corrected chi connectivity index (χ2v) is 12.7. The Morgan fingerprint density at radius 2 is 1.71 bits per heavy atom. The largest absolute Gasteiger partial charge is 0.493 e. The van der Waals surface area contributed by atoms with E-state index in [2.05, 4.69) is 45.4 Å². The molecule has 0 spiro atoms. The summed E-state index contributed by atoms with van der Waals surface area (Å²) < 4.78 is 13.1. The summed E-state index contributed by atoms with van der Waals surface area (Å²) >= 11 is 0. The van der Waals surface area contributed by atoms with Crippen molar-refractivity contribution < 1.29 is 24.5 Å². The molecular formula is C37H48N6O5. The number of imidazole rings is 1. The zero-order chi connectivity index (χ0) is 33.0. The van der Waals surface area contributed by atoms with Gasteiger partial charge in [-0.3, -0.25) is 9.59 Å². The van der Waals surface area contributed by atoms with Gasteiger partial charge in [-0.15, -0.1) is 0 Å². The predicted octanol–water partition coefficient (Wildman–Crippen LogP) is 3.67. The molecule has 1 aromatic heterocycles. The van der Waals surface area contributed by atoms with Gasteiger partial charge in [-0.2, -0.15) is 0 Å². The van der Waals surface area contributed by atoms with Crippen molar-refractivity contribution in [2.24, 2.45) is 0 Å². The molecule has 1 atom stereocenters. The summed E-state index contributed by atoms with van der Waals surface area (Å²) in [7, 11) is 4.89. The Bertz CT molecular complexity index is 1730. The Morgan fingerprint density at radius 3 is 2.46 bits per heavy atom. The van der Waals surface area contributed by atoms with Gasteiger partial charge in [0.25, 0.3) is 5.91 Å². The van der Waals surface area contributed by atoms with Crippen LogP contribution in [0.2, 0.25) is 0 Å². The molecule has 0 radical (unpaired) electrons. The van der Waals surface area contributed by atoms with Gasteiger partial charge in [0.15, 0.2) is 11.5 Å². The molecule has 2 fully saturated rings. The fraction of sp³-hybridized carbons (Fsp3) is 0.432. The number of benzene rings is 3. The van der Waals surface area contributed by atoms with Crippen molar-refractivity contribution in [1.29, 1.82) is 0 Å². The van der Waals surface area contributed by atoms with Crippen LogP contribution in [0, 0.1) is 6.92 Å². The van der Waals surface area contributed by atoms with Crippen LogP contribution in [0.4, 0.5) is 5.95 Å². The Labute approximate surface area is 282 Å². The fourth-order valence-corrected chi connectivity index (χ4v) is 7.33. The second kappa shape index (κ2) is 15.1. The molecule has 2 saturated heterocycles.